The van der Waals surface area contributed by atoms with Crippen LogP contribution in [0.5, 0.6) is 0 Å². The van der Waals surface area contributed by atoms with Gasteiger partial charge in [0.15, 0.2) is 5.55 Å². The molecule has 0 spiro atoms. The highest BCUT2D eigenvalue weighted by Gasteiger charge is 2.12. The number of rotatable bonds is 4. The van der Waals surface area contributed by atoms with Crippen LogP contribution in [-0.4, -0.2) is 21.8 Å². The van der Waals surface area contributed by atoms with Crippen LogP contribution >= 0.6 is 12.2 Å². The molecule has 0 saturated heterocycles. The molecule has 5 heteroatoms. The fourth-order valence-electron chi connectivity index (χ4n) is 0.951. The number of hydroxylamine groups is 2. The van der Waals surface area contributed by atoms with Crippen molar-refractivity contribution in [3.63, 3.8) is 0 Å². The largest absolute Gasteiger partial charge is 0.463 e. The van der Waals surface area contributed by atoms with Crippen LogP contribution in [-0.2, 0) is 11.4 Å². The van der Waals surface area contributed by atoms with Gasteiger partial charge in [0.2, 0.25) is 0 Å². The summed E-state index contributed by atoms with van der Waals surface area (Å²) in [6.45, 7) is 0.156. The maximum atomic E-state index is 10.6. The Labute approximate surface area is 86.7 Å². The quantitative estimate of drug-likeness (QED) is 0.611. The van der Waals surface area contributed by atoms with Crippen LogP contribution in [0.3, 0.4) is 0 Å². The second-order valence-electron chi connectivity index (χ2n) is 2.51. The molecule has 0 bridgehead atoms. The second-order valence-corrected chi connectivity index (χ2v) is 2.70. The molecule has 0 unspecified atom stereocenters. The number of thiocarbonyl (C=S) groups is 1. The predicted octanol–water partition coefficient (Wildman–Crippen LogP) is 2.06. The number of hydrogen-bond acceptors (Lipinski definition) is 3. The van der Waals surface area contributed by atoms with Crippen LogP contribution in [0.25, 0.3) is 0 Å². The second kappa shape index (κ2) is 5.18. The van der Waals surface area contributed by atoms with Crippen molar-refractivity contribution in [1.29, 1.82) is 0 Å². The molecule has 1 aromatic carbocycles. The number of carboxylic acid groups (broad SMARTS) is 1. The van der Waals surface area contributed by atoms with E-state index < -0.39 is 6.09 Å². The van der Waals surface area contributed by atoms with Gasteiger partial charge < -0.3 is 9.94 Å². The van der Waals surface area contributed by atoms with Crippen molar-refractivity contribution in [2.75, 3.05) is 0 Å². The first-order chi connectivity index (χ1) is 6.74. The lowest BCUT2D eigenvalue weighted by molar-refractivity contribution is -0.0467. The minimum atomic E-state index is -1.17. The van der Waals surface area contributed by atoms with Crippen molar-refractivity contribution >= 4 is 23.9 Å². The van der Waals surface area contributed by atoms with E-state index in [2.05, 4.69) is 17.1 Å². The van der Waals surface area contributed by atoms with Gasteiger partial charge in [0.05, 0.1) is 6.54 Å². The van der Waals surface area contributed by atoms with Crippen LogP contribution in [0.15, 0.2) is 30.3 Å². The molecule has 0 aliphatic carbocycles. The lowest BCUT2D eigenvalue weighted by Gasteiger charge is -2.15. The van der Waals surface area contributed by atoms with E-state index in [1.54, 1.807) is 0 Å². The number of amides is 1. The molecule has 0 saturated carbocycles. The molecule has 14 heavy (non-hydrogen) atoms. The fourth-order valence-corrected chi connectivity index (χ4v) is 1.06. The molecule has 1 amide bonds. The summed E-state index contributed by atoms with van der Waals surface area (Å²) in [5.41, 5.74) is 1.75. The monoisotopic (exact) mass is 211 g/mol. The summed E-state index contributed by atoms with van der Waals surface area (Å²) in [6.07, 6.45) is -1.17. The topological polar surface area (TPSA) is 49.8 Å². The molecule has 0 aliphatic heterocycles. The van der Waals surface area contributed by atoms with Gasteiger partial charge in [-0.2, -0.15) is 0 Å². The van der Waals surface area contributed by atoms with Gasteiger partial charge in [-0.15, -0.1) is 5.06 Å². The third kappa shape index (κ3) is 3.02. The number of carbonyl (C=O) groups is 1. The summed E-state index contributed by atoms with van der Waals surface area (Å²) in [5.74, 6) is 0. The van der Waals surface area contributed by atoms with E-state index in [-0.39, 0.29) is 6.54 Å². The highest BCUT2D eigenvalue weighted by atomic mass is 32.1. The van der Waals surface area contributed by atoms with E-state index in [1.807, 2.05) is 30.3 Å². The van der Waals surface area contributed by atoms with Crippen molar-refractivity contribution < 1.29 is 14.7 Å². The standard InChI is InChI=1S/C9H9NO3S/c11-9(12)10(13-7-14)6-8-4-2-1-3-5-8/h1-5,7H,6H2,(H,11,12). The van der Waals surface area contributed by atoms with Gasteiger partial charge in [-0.3, -0.25) is 0 Å². The maximum Gasteiger partial charge on any atom is 0.441 e. The minimum absolute atomic E-state index is 0.156. The van der Waals surface area contributed by atoms with Gasteiger partial charge >= 0.3 is 6.09 Å². The van der Waals surface area contributed by atoms with Crippen LogP contribution in [0.1, 0.15) is 5.56 Å². The summed E-state index contributed by atoms with van der Waals surface area (Å²) >= 11 is 4.41. The van der Waals surface area contributed by atoms with E-state index in [0.717, 1.165) is 16.2 Å². The molecular formula is C9H9NO3S. The van der Waals surface area contributed by atoms with E-state index in [4.69, 9.17) is 5.11 Å². The van der Waals surface area contributed by atoms with Crippen molar-refractivity contribution in [1.82, 2.24) is 5.06 Å². The molecule has 0 heterocycles. The lowest BCUT2D eigenvalue weighted by Crippen LogP contribution is -2.28. The first-order valence-corrected chi connectivity index (χ1v) is 4.36. The number of hydrogen-bond donors (Lipinski definition) is 1. The zero-order chi connectivity index (χ0) is 10.4. The zero-order valence-electron chi connectivity index (χ0n) is 7.29. The van der Waals surface area contributed by atoms with E-state index in [1.165, 1.54) is 0 Å². The molecule has 0 aliphatic rings. The summed E-state index contributed by atoms with van der Waals surface area (Å²) < 4.78 is 0. The zero-order valence-corrected chi connectivity index (χ0v) is 8.11. The Bertz CT molecular complexity index is 315. The highest BCUT2D eigenvalue weighted by molar-refractivity contribution is 7.78. The minimum Gasteiger partial charge on any atom is -0.463 e. The molecule has 1 aromatic rings. The molecule has 1 rings (SSSR count). The van der Waals surface area contributed by atoms with Crippen molar-refractivity contribution in [3.8, 4) is 0 Å². The van der Waals surface area contributed by atoms with Crippen molar-refractivity contribution in [3.05, 3.63) is 35.9 Å². The van der Waals surface area contributed by atoms with E-state index in [9.17, 15) is 4.79 Å². The van der Waals surface area contributed by atoms with Crippen molar-refractivity contribution in [2.24, 2.45) is 0 Å². The summed E-state index contributed by atoms with van der Waals surface area (Å²) in [6, 6.07) is 9.12. The number of nitrogens with zero attached hydrogens (tertiary/aromatic N) is 1. The first kappa shape index (κ1) is 10.5. The van der Waals surface area contributed by atoms with Gasteiger partial charge in [-0.25, -0.2) is 4.79 Å². The molecule has 0 aromatic heterocycles. The van der Waals surface area contributed by atoms with Gasteiger partial charge in [0.1, 0.15) is 0 Å². The normalized spacial score (nSPS) is 9.14. The lowest BCUT2D eigenvalue weighted by atomic mass is 10.2. The Morgan fingerprint density at radius 1 is 1.50 bits per heavy atom. The predicted molar refractivity (Wildman–Crippen MR) is 54.7 cm³/mol. The Balaban J connectivity index is 2.64. The Morgan fingerprint density at radius 3 is 2.64 bits per heavy atom. The van der Waals surface area contributed by atoms with Crippen LogP contribution in [0, 0.1) is 0 Å². The smallest absolute Gasteiger partial charge is 0.441 e. The van der Waals surface area contributed by atoms with E-state index in [0.29, 0.717) is 0 Å². The Morgan fingerprint density at radius 2 is 2.14 bits per heavy atom. The third-order valence-electron chi connectivity index (χ3n) is 1.55. The average Bonchev–Trinajstić information content (AvgIpc) is 2.18. The van der Waals surface area contributed by atoms with Crippen LogP contribution < -0.4 is 0 Å². The van der Waals surface area contributed by atoms with Gasteiger partial charge in [0, 0.05) is 0 Å². The maximum absolute atomic E-state index is 10.6. The molecule has 1 N–H and O–H groups in total. The molecule has 74 valence electrons. The average molecular weight is 211 g/mol. The summed E-state index contributed by atoms with van der Waals surface area (Å²) in [7, 11) is 0. The first-order valence-electron chi connectivity index (χ1n) is 3.89. The van der Waals surface area contributed by atoms with Crippen molar-refractivity contribution in [2.45, 2.75) is 6.54 Å². The molecule has 0 fully saturated rings. The van der Waals surface area contributed by atoms with Gasteiger partial charge in [-0.05, 0) is 17.8 Å². The van der Waals surface area contributed by atoms with Gasteiger partial charge in [0.25, 0.3) is 0 Å². The molecular weight excluding hydrogens is 202 g/mol. The SMILES string of the molecule is O=C(O)N(Cc1ccccc1)OC=S. The van der Waals surface area contributed by atoms with E-state index >= 15 is 0 Å². The van der Waals surface area contributed by atoms with Gasteiger partial charge in [-0.1, -0.05) is 30.3 Å². The fraction of sp³-hybridized carbons (Fsp3) is 0.111. The Hall–Kier alpha value is -1.62. The molecule has 4 nitrogen and oxygen atoms in total. The highest BCUT2D eigenvalue weighted by Crippen LogP contribution is 2.04. The number of benzene rings is 1. The Kier molecular flexibility index (Phi) is 3.87. The molecule has 0 radical (unpaired) electrons. The molecule has 0 atom stereocenters. The summed E-state index contributed by atoms with van der Waals surface area (Å²) in [5, 5.41) is 9.47. The van der Waals surface area contributed by atoms with Crippen LogP contribution in [0.2, 0.25) is 0 Å². The van der Waals surface area contributed by atoms with Crippen LogP contribution in [0.4, 0.5) is 4.79 Å². The summed E-state index contributed by atoms with van der Waals surface area (Å²) in [4.78, 5) is 15.3. The third-order valence-corrected chi connectivity index (χ3v) is 1.64.